The zero-order chi connectivity index (χ0) is 24.9. The van der Waals surface area contributed by atoms with Gasteiger partial charge in [0.25, 0.3) is 11.8 Å². The number of rotatable bonds is 8. The maximum atomic E-state index is 12.9. The smallest absolute Gasteiger partial charge is 0.258 e. The second-order valence-corrected chi connectivity index (χ2v) is 8.54. The number of benzene rings is 3. The molecular formula is C26H25ClN4O4. The predicted octanol–water partition coefficient (Wildman–Crippen LogP) is 5.05. The van der Waals surface area contributed by atoms with Crippen molar-refractivity contribution in [3.05, 3.63) is 71.2 Å². The van der Waals surface area contributed by atoms with E-state index in [9.17, 15) is 9.59 Å². The van der Waals surface area contributed by atoms with Crippen LogP contribution in [0, 0.1) is 0 Å². The molecule has 0 saturated carbocycles. The van der Waals surface area contributed by atoms with Crippen LogP contribution in [0.2, 0.25) is 5.02 Å². The van der Waals surface area contributed by atoms with Gasteiger partial charge in [-0.25, -0.2) is 4.98 Å². The number of aromatic nitrogens is 2. The Morgan fingerprint density at radius 3 is 2.60 bits per heavy atom. The minimum absolute atomic E-state index is 0.0165. The molecule has 0 spiro atoms. The highest BCUT2D eigenvalue weighted by molar-refractivity contribution is 6.33. The van der Waals surface area contributed by atoms with Crippen LogP contribution in [0.1, 0.15) is 24.2 Å². The highest BCUT2D eigenvalue weighted by Gasteiger charge is 2.14. The van der Waals surface area contributed by atoms with Crippen LogP contribution in [0.3, 0.4) is 0 Å². The van der Waals surface area contributed by atoms with Gasteiger partial charge in [-0.05, 0) is 62.4 Å². The van der Waals surface area contributed by atoms with Crippen molar-refractivity contribution in [1.82, 2.24) is 15.3 Å². The number of amides is 2. The normalized spacial score (nSPS) is 10.9. The summed E-state index contributed by atoms with van der Waals surface area (Å²) in [6, 6.07) is 17.6. The van der Waals surface area contributed by atoms with Crippen molar-refractivity contribution in [3.8, 4) is 22.9 Å². The molecule has 0 aliphatic rings. The number of carbonyl (C=O) groups is 2. The van der Waals surface area contributed by atoms with Gasteiger partial charge < -0.3 is 25.1 Å². The average Bonchev–Trinajstić information content (AvgIpc) is 3.25. The van der Waals surface area contributed by atoms with Crippen LogP contribution < -0.4 is 20.1 Å². The zero-order valence-corrected chi connectivity index (χ0v) is 20.3. The standard InChI is InChI=1S/C26H25ClN4O4/c1-15(2)28-24(32)14-35-22-11-8-16(12-23(22)34-3)26(33)29-17-9-10-20-21(13-17)31-25(30-20)18-6-4-5-7-19(18)27/h4-13,15H,14H2,1-3H3,(H,28,32)(H,29,33)(H,30,31). The number of anilines is 1. The molecule has 0 fully saturated rings. The number of hydrogen-bond donors (Lipinski definition) is 3. The Labute approximate surface area is 207 Å². The first-order valence-corrected chi connectivity index (χ1v) is 11.4. The van der Waals surface area contributed by atoms with Crippen molar-refractivity contribution < 1.29 is 19.1 Å². The lowest BCUT2D eigenvalue weighted by Gasteiger charge is -2.13. The molecule has 3 N–H and O–H groups in total. The third-order valence-electron chi connectivity index (χ3n) is 5.10. The van der Waals surface area contributed by atoms with E-state index in [1.54, 1.807) is 30.3 Å². The molecule has 1 aromatic heterocycles. The summed E-state index contributed by atoms with van der Waals surface area (Å²) in [7, 11) is 1.47. The molecule has 0 aliphatic heterocycles. The second kappa shape index (κ2) is 10.5. The van der Waals surface area contributed by atoms with Gasteiger partial charge in [0.05, 0.1) is 23.2 Å². The molecule has 0 radical (unpaired) electrons. The topological polar surface area (TPSA) is 105 Å². The molecule has 4 rings (SSSR count). The Hall–Kier alpha value is -4.04. The second-order valence-electron chi connectivity index (χ2n) is 8.13. The number of carbonyl (C=O) groups excluding carboxylic acids is 2. The summed E-state index contributed by atoms with van der Waals surface area (Å²) in [5.74, 6) is 0.808. The minimum Gasteiger partial charge on any atom is -0.493 e. The Bertz CT molecular complexity index is 1380. The van der Waals surface area contributed by atoms with Gasteiger partial charge in [-0.2, -0.15) is 0 Å². The monoisotopic (exact) mass is 492 g/mol. The van der Waals surface area contributed by atoms with Gasteiger partial charge in [0.1, 0.15) is 5.82 Å². The van der Waals surface area contributed by atoms with Gasteiger partial charge in [0, 0.05) is 22.9 Å². The first-order valence-electron chi connectivity index (χ1n) is 11.0. The molecule has 8 nitrogen and oxygen atoms in total. The largest absolute Gasteiger partial charge is 0.493 e. The fraction of sp³-hybridized carbons (Fsp3) is 0.192. The van der Waals surface area contributed by atoms with Crippen molar-refractivity contribution in [2.24, 2.45) is 0 Å². The van der Waals surface area contributed by atoms with Crippen molar-refractivity contribution in [2.75, 3.05) is 19.0 Å². The van der Waals surface area contributed by atoms with E-state index in [0.717, 1.165) is 16.6 Å². The number of aromatic amines is 1. The highest BCUT2D eigenvalue weighted by Crippen LogP contribution is 2.30. The van der Waals surface area contributed by atoms with Gasteiger partial charge in [-0.1, -0.05) is 23.7 Å². The molecule has 180 valence electrons. The Morgan fingerprint density at radius 1 is 1.06 bits per heavy atom. The summed E-state index contributed by atoms with van der Waals surface area (Å²) in [5.41, 5.74) is 3.29. The molecule has 0 saturated heterocycles. The number of halogens is 1. The number of methoxy groups -OCH3 is 1. The number of ether oxygens (including phenoxy) is 2. The van der Waals surface area contributed by atoms with Crippen LogP contribution in [0.5, 0.6) is 11.5 Å². The lowest BCUT2D eigenvalue weighted by Crippen LogP contribution is -2.34. The molecule has 0 bridgehead atoms. The molecule has 1 heterocycles. The van der Waals surface area contributed by atoms with E-state index < -0.39 is 0 Å². The Balaban J connectivity index is 1.48. The number of imidazole rings is 1. The molecule has 2 amide bonds. The Morgan fingerprint density at radius 2 is 1.86 bits per heavy atom. The lowest BCUT2D eigenvalue weighted by molar-refractivity contribution is -0.123. The zero-order valence-electron chi connectivity index (χ0n) is 19.5. The van der Waals surface area contributed by atoms with Gasteiger partial charge in [0.15, 0.2) is 18.1 Å². The molecule has 3 aromatic carbocycles. The number of hydrogen-bond acceptors (Lipinski definition) is 5. The minimum atomic E-state index is -0.322. The first kappa shape index (κ1) is 24.1. The van der Waals surface area contributed by atoms with Crippen molar-refractivity contribution in [2.45, 2.75) is 19.9 Å². The summed E-state index contributed by atoms with van der Waals surface area (Å²) in [6.07, 6.45) is 0. The van der Waals surface area contributed by atoms with E-state index in [2.05, 4.69) is 20.6 Å². The predicted molar refractivity (Wildman–Crippen MR) is 136 cm³/mol. The van der Waals surface area contributed by atoms with Crippen LogP contribution in [-0.2, 0) is 4.79 Å². The van der Waals surface area contributed by atoms with Gasteiger partial charge in [-0.15, -0.1) is 0 Å². The maximum Gasteiger partial charge on any atom is 0.258 e. The molecule has 0 aliphatic carbocycles. The van der Waals surface area contributed by atoms with E-state index in [-0.39, 0.29) is 24.5 Å². The number of nitrogens with zero attached hydrogens (tertiary/aromatic N) is 1. The first-order chi connectivity index (χ1) is 16.8. The van der Waals surface area contributed by atoms with Gasteiger partial charge in [0.2, 0.25) is 0 Å². The van der Waals surface area contributed by atoms with E-state index >= 15 is 0 Å². The van der Waals surface area contributed by atoms with E-state index in [0.29, 0.717) is 33.6 Å². The van der Waals surface area contributed by atoms with E-state index in [1.165, 1.54) is 7.11 Å². The Kier molecular flexibility index (Phi) is 7.22. The van der Waals surface area contributed by atoms with Crippen LogP contribution in [0.25, 0.3) is 22.4 Å². The average molecular weight is 493 g/mol. The van der Waals surface area contributed by atoms with Crippen molar-refractivity contribution in [1.29, 1.82) is 0 Å². The summed E-state index contributed by atoms with van der Waals surface area (Å²) in [6.45, 7) is 3.59. The summed E-state index contributed by atoms with van der Waals surface area (Å²) in [4.78, 5) is 32.6. The van der Waals surface area contributed by atoms with E-state index in [4.69, 9.17) is 21.1 Å². The van der Waals surface area contributed by atoms with Crippen molar-refractivity contribution >= 4 is 40.1 Å². The fourth-order valence-corrected chi connectivity index (χ4v) is 3.73. The van der Waals surface area contributed by atoms with Crippen LogP contribution in [0.4, 0.5) is 5.69 Å². The highest BCUT2D eigenvalue weighted by atomic mass is 35.5. The molecule has 35 heavy (non-hydrogen) atoms. The van der Waals surface area contributed by atoms with Crippen LogP contribution in [-0.4, -0.2) is 41.5 Å². The number of H-pyrrole nitrogens is 1. The van der Waals surface area contributed by atoms with Gasteiger partial charge in [-0.3, -0.25) is 9.59 Å². The quantitative estimate of drug-likeness (QED) is 0.319. The summed E-state index contributed by atoms with van der Waals surface area (Å²) >= 11 is 6.29. The molecule has 4 aromatic rings. The third-order valence-corrected chi connectivity index (χ3v) is 5.43. The molecular weight excluding hydrogens is 468 g/mol. The number of nitrogens with one attached hydrogen (secondary N) is 3. The molecule has 0 unspecified atom stereocenters. The molecule has 9 heteroatoms. The third kappa shape index (κ3) is 5.73. The summed E-state index contributed by atoms with van der Waals surface area (Å²) in [5, 5.41) is 6.23. The summed E-state index contributed by atoms with van der Waals surface area (Å²) < 4.78 is 10.9. The lowest BCUT2D eigenvalue weighted by atomic mass is 10.1. The van der Waals surface area contributed by atoms with Crippen molar-refractivity contribution in [3.63, 3.8) is 0 Å². The fourth-order valence-electron chi connectivity index (χ4n) is 3.51. The number of fused-ring (bicyclic) bond motifs is 1. The molecule has 0 atom stereocenters. The van der Waals surface area contributed by atoms with Gasteiger partial charge >= 0.3 is 0 Å². The SMILES string of the molecule is COc1cc(C(=O)Nc2ccc3nc(-c4ccccc4Cl)[nH]c3c2)ccc1OCC(=O)NC(C)C. The maximum absolute atomic E-state index is 12.9. The van der Waals surface area contributed by atoms with Crippen LogP contribution in [0.15, 0.2) is 60.7 Å². The van der Waals surface area contributed by atoms with E-state index in [1.807, 2.05) is 44.2 Å². The van der Waals surface area contributed by atoms with Crippen LogP contribution >= 0.6 is 11.6 Å².